The predicted octanol–water partition coefficient (Wildman–Crippen LogP) is 16.4. The van der Waals surface area contributed by atoms with E-state index >= 15 is 0 Å². The van der Waals surface area contributed by atoms with Gasteiger partial charge in [-0.3, -0.25) is 0 Å². The van der Waals surface area contributed by atoms with Crippen LogP contribution in [0.15, 0.2) is 241 Å². The van der Waals surface area contributed by atoms with Gasteiger partial charge in [0.1, 0.15) is 5.58 Å². The molecule has 0 fully saturated rings. The predicted molar refractivity (Wildman–Crippen MR) is 261 cm³/mol. The lowest BCUT2D eigenvalue weighted by Crippen LogP contribution is -2.29. The standard InChI is InChI=1S/C61H39NO/c1-2-16-40(17-3-1)41-32-36-43(37-33-41)62(57-30-15-25-51-50-22-9-13-31-58(50)63-60(51)57)44-38-34-42(35-39-44)45-24-14-29-56-59(45)52-23-8-12-28-55(52)61(56)53-26-10-6-20-48(53)46-18-4-5-19-47(46)49-21-7-11-27-54(49)61/h1-39H. The van der Waals surface area contributed by atoms with Crippen molar-refractivity contribution in [2.75, 3.05) is 4.90 Å². The molecule has 1 spiro atoms. The minimum Gasteiger partial charge on any atom is -0.454 e. The van der Waals surface area contributed by atoms with Crippen LogP contribution in [0, 0.1) is 0 Å². The van der Waals surface area contributed by atoms with Crippen LogP contribution in [-0.4, -0.2) is 0 Å². The van der Waals surface area contributed by atoms with E-state index in [9.17, 15) is 0 Å². The van der Waals surface area contributed by atoms with E-state index in [2.05, 4.69) is 235 Å². The van der Waals surface area contributed by atoms with Gasteiger partial charge >= 0.3 is 0 Å². The van der Waals surface area contributed by atoms with Crippen LogP contribution in [0.2, 0.25) is 0 Å². The lowest BCUT2D eigenvalue weighted by molar-refractivity contribution is 0.669. The molecule has 0 atom stereocenters. The summed E-state index contributed by atoms with van der Waals surface area (Å²) >= 11 is 0. The van der Waals surface area contributed by atoms with Gasteiger partial charge in [-0.05, 0) is 114 Å². The smallest absolute Gasteiger partial charge is 0.159 e. The van der Waals surface area contributed by atoms with Crippen LogP contribution in [0.4, 0.5) is 17.1 Å². The van der Waals surface area contributed by atoms with Gasteiger partial charge in [-0.1, -0.05) is 200 Å². The number of benzene rings is 10. The van der Waals surface area contributed by atoms with Crippen molar-refractivity contribution in [3.05, 3.63) is 259 Å². The van der Waals surface area contributed by atoms with Gasteiger partial charge < -0.3 is 9.32 Å². The monoisotopic (exact) mass is 801 g/mol. The van der Waals surface area contributed by atoms with Gasteiger partial charge in [0.05, 0.1) is 11.1 Å². The van der Waals surface area contributed by atoms with Crippen molar-refractivity contribution in [1.29, 1.82) is 0 Å². The number of para-hydroxylation sites is 2. The summed E-state index contributed by atoms with van der Waals surface area (Å²) in [6.45, 7) is 0. The van der Waals surface area contributed by atoms with Crippen molar-refractivity contribution < 1.29 is 4.42 Å². The summed E-state index contributed by atoms with van der Waals surface area (Å²) in [7, 11) is 0. The third kappa shape index (κ3) is 5.19. The number of hydrogen-bond donors (Lipinski definition) is 0. The highest BCUT2D eigenvalue weighted by molar-refractivity contribution is 6.10. The molecular weight excluding hydrogens is 763 g/mol. The van der Waals surface area contributed by atoms with E-state index in [4.69, 9.17) is 4.42 Å². The quantitative estimate of drug-likeness (QED) is 0.172. The van der Waals surface area contributed by atoms with Gasteiger partial charge in [-0.15, -0.1) is 0 Å². The molecule has 0 aliphatic heterocycles. The molecule has 0 unspecified atom stereocenters. The molecule has 0 N–H and O–H groups in total. The molecule has 2 aliphatic rings. The first kappa shape index (κ1) is 35.5. The number of hydrogen-bond acceptors (Lipinski definition) is 2. The minimum absolute atomic E-state index is 0.526. The van der Waals surface area contributed by atoms with E-state index in [0.29, 0.717) is 0 Å². The number of rotatable bonds is 5. The van der Waals surface area contributed by atoms with Crippen LogP contribution in [0.1, 0.15) is 22.3 Å². The summed E-state index contributed by atoms with van der Waals surface area (Å²) in [6.07, 6.45) is 0. The van der Waals surface area contributed by atoms with E-state index in [0.717, 1.165) is 39.0 Å². The minimum atomic E-state index is -0.526. The van der Waals surface area contributed by atoms with E-state index < -0.39 is 5.41 Å². The fourth-order valence-electron chi connectivity index (χ4n) is 10.9. The zero-order chi connectivity index (χ0) is 41.5. The van der Waals surface area contributed by atoms with E-state index in [1.54, 1.807) is 0 Å². The fourth-order valence-corrected chi connectivity index (χ4v) is 10.9. The molecule has 13 rings (SSSR count). The summed E-state index contributed by atoms with van der Waals surface area (Å²) in [4.78, 5) is 2.33. The summed E-state index contributed by atoms with van der Waals surface area (Å²) < 4.78 is 6.67. The summed E-state index contributed by atoms with van der Waals surface area (Å²) in [6, 6.07) is 86.5. The van der Waals surface area contributed by atoms with Gasteiger partial charge in [0.25, 0.3) is 0 Å². The molecule has 1 heterocycles. The summed E-state index contributed by atoms with van der Waals surface area (Å²) in [5.74, 6) is 0. The molecule has 11 aromatic rings. The molecule has 0 amide bonds. The van der Waals surface area contributed by atoms with Crippen molar-refractivity contribution in [3.63, 3.8) is 0 Å². The highest BCUT2D eigenvalue weighted by Gasteiger charge is 2.50. The molecule has 0 saturated heterocycles. The van der Waals surface area contributed by atoms with Crippen molar-refractivity contribution in [1.82, 2.24) is 0 Å². The van der Waals surface area contributed by atoms with Gasteiger partial charge in [0.2, 0.25) is 0 Å². The van der Waals surface area contributed by atoms with Crippen molar-refractivity contribution in [3.8, 4) is 55.6 Å². The Kier molecular flexibility index (Phi) is 7.85. The zero-order valence-corrected chi connectivity index (χ0v) is 34.4. The van der Waals surface area contributed by atoms with Gasteiger partial charge in [-0.2, -0.15) is 0 Å². The molecule has 1 aromatic heterocycles. The molecule has 2 aliphatic carbocycles. The maximum atomic E-state index is 6.67. The summed E-state index contributed by atoms with van der Waals surface area (Å²) in [5, 5.41) is 2.21. The second kappa shape index (κ2) is 13.9. The molecule has 2 heteroatoms. The molecule has 2 nitrogen and oxygen atoms in total. The van der Waals surface area contributed by atoms with Crippen LogP contribution in [0.5, 0.6) is 0 Å². The fraction of sp³-hybridized carbons (Fsp3) is 0.0164. The largest absolute Gasteiger partial charge is 0.454 e. The highest BCUT2D eigenvalue weighted by atomic mass is 16.3. The second-order valence-corrected chi connectivity index (χ2v) is 16.7. The first-order chi connectivity index (χ1) is 31.3. The Bertz CT molecular complexity index is 3490. The van der Waals surface area contributed by atoms with Gasteiger partial charge in [0.15, 0.2) is 5.58 Å². The van der Waals surface area contributed by atoms with Crippen LogP contribution < -0.4 is 4.90 Å². The number of nitrogens with zero attached hydrogens (tertiary/aromatic N) is 1. The highest BCUT2D eigenvalue weighted by Crippen LogP contribution is 2.62. The second-order valence-electron chi connectivity index (χ2n) is 16.7. The number of fused-ring (bicyclic) bond motifs is 15. The number of furan rings is 1. The van der Waals surface area contributed by atoms with E-state index in [1.807, 2.05) is 6.07 Å². The maximum Gasteiger partial charge on any atom is 0.159 e. The maximum absolute atomic E-state index is 6.67. The molecule has 10 aromatic carbocycles. The normalized spacial score (nSPS) is 12.9. The molecule has 294 valence electrons. The van der Waals surface area contributed by atoms with E-state index in [1.165, 1.54) is 77.9 Å². The first-order valence-electron chi connectivity index (χ1n) is 21.8. The lowest BCUT2D eigenvalue weighted by Gasteiger charge is -2.35. The van der Waals surface area contributed by atoms with Gasteiger partial charge in [-0.25, -0.2) is 0 Å². The molecular formula is C61H39NO. The van der Waals surface area contributed by atoms with Crippen molar-refractivity contribution in [2.45, 2.75) is 5.41 Å². The first-order valence-corrected chi connectivity index (χ1v) is 21.8. The molecule has 63 heavy (non-hydrogen) atoms. The zero-order valence-electron chi connectivity index (χ0n) is 34.4. The Morgan fingerprint density at radius 3 is 1.43 bits per heavy atom. The Balaban J connectivity index is 1.00. The van der Waals surface area contributed by atoms with Crippen LogP contribution in [-0.2, 0) is 5.41 Å². The molecule has 0 bridgehead atoms. The lowest BCUT2D eigenvalue weighted by atomic mass is 9.66. The van der Waals surface area contributed by atoms with Gasteiger partial charge in [0, 0.05) is 22.1 Å². The topological polar surface area (TPSA) is 16.4 Å². The third-order valence-corrected chi connectivity index (χ3v) is 13.5. The Morgan fingerprint density at radius 2 is 0.762 bits per heavy atom. The Hall–Kier alpha value is -8.20. The van der Waals surface area contributed by atoms with Crippen molar-refractivity contribution >= 4 is 39.0 Å². The average Bonchev–Trinajstić information content (AvgIpc) is 3.86. The SMILES string of the molecule is c1ccc(-c2ccc(N(c3ccc(-c4cccc5c4-c4ccccc4C54c5ccccc5-c5ccccc5-c5ccccc54)cc3)c3cccc4c3oc3ccccc34)cc2)cc1. The average molecular weight is 802 g/mol. The Labute approximate surface area is 366 Å². The molecule has 0 radical (unpaired) electrons. The van der Waals surface area contributed by atoms with Crippen LogP contribution >= 0.6 is 0 Å². The van der Waals surface area contributed by atoms with Crippen molar-refractivity contribution in [2.24, 2.45) is 0 Å². The van der Waals surface area contributed by atoms with Crippen LogP contribution in [0.3, 0.4) is 0 Å². The van der Waals surface area contributed by atoms with E-state index in [-0.39, 0.29) is 0 Å². The summed E-state index contributed by atoms with van der Waals surface area (Å²) in [5.41, 5.74) is 22.0. The number of anilines is 3. The third-order valence-electron chi connectivity index (χ3n) is 13.5. The Morgan fingerprint density at radius 1 is 0.302 bits per heavy atom. The molecule has 0 saturated carbocycles. The van der Waals surface area contributed by atoms with Crippen LogP contribution in [0.25, 0.3) is 77.6 Å².